The lowest BCUT2D eigenvalue weighted by Gasteiger charge is -2.08. The van der Waals surface area contributed by atoms with E-state index in [4.69, 9.17) is 20.8 Å². The highest BCUT2D eigenvalue weighted by atomic mass is 35.5. The van der Waals surface area contributed by atoms with Gasteiger partial charge in [0.25, 0.3) is 5.91 Å². The number of hydrogen-bond donors (Lipinski definition) is 1. The molecule has 1 N–H and O–H groups in total. The van der Waals surface area contributed by atoms with Crippen LogP contribution in [0.3, 0.4) is 0 Å². The van der Waals surface area contributed by atoms with E-state index in [9.17, 15) is 4.79 Å². The number of hydrogen-bond acceptors (Lipinski definition) is 4. The molecule has 0 saturated carbocycles. The van der Waals surface area contributed by atoms with Gasteiger partial charge in [0, 0.05) is 17.7 Å². The molecular weight excluding hydrogens is 388 g/mol. The van der Waals surface area contributed by atoms with Gasteiger partial charge in [0.2, 0.25) is 5.89 Å². The van der Waals surface area contributed by atoms with Gasteiger partial charge in [0.05, 0.1) is 12.1 Å². The third-order valence-electron chi connectivity index (χ3n) is 4.61. The maximum Gasteiger partial charge on any atom is 0.251 e. The van der Waals surface area contributed by atoms with Crippen molar-refractivity contribution in [3.05, 3.63) is 82.4 Å². The zero-order valence-corrected chi connectivity index (χ0v) is 16.8. The van der Waals surface area contributed by atoms with E-state index >= 15 is 0 Å². The SMILES string of the molecule is COc1ccc(C(=O)NCc2ccc(-c3nc4ccc(C)cc4o3)cc2)cc1Cl. The number of rotatable bonds is 5. The van der Waals surface area contributed by atoms with Gasteiger partial charge in [-0.1, -0.05) is 29.8 Å². The molecule has 0 atom stereocenters. The lowest BCUT2D eigenvalue weighted by atomic mass is 10.1. The molecule has 0 aliphatic carbocycles. The molecule has 0 saturated heterocycles. The highest BCUT2D eigenvalue weighted by Crippen LogP contribution is 2.26. The molecule has 0 fully saturated rings. The standard InChI is InChI=1S/C23H19ClN2O3/c1-14-3-9-19-21(11-14)29-23(26-19)16-6-4-15(5-7-16)13-25-22(27)17-8-10-20(28-2)18(24)12-17/h3-12H,13H2,1-2H3,(H,25,27). The van der Waals surface area contributed by atoms with E-state index in [0.717, 1.165) is 27.8 Å². The number of carbonyl (C=O) groups excluding carboxylic acids is 1. The Morgan fingerprint density at radius 3 is 2.62 bits per heavy atom. The highest BCUT2D eigenvalue weighted by Gasteiger charge is 2.10. The van der Waals surface area contributed by atoms with E-state index in [2.05, 4.69) is 10.3 Å². The third-order valence-corrected chi connectivity index (χ3v) is 4.91. The molecule has 0 unspecified atom stereocenters. The molecule has 0 radical (unpaired) electrons. The van der Waals surface area contributed by atoms with Crippen LogP contribution in [0.4, 0.5) is 0 Å². The summed E-state index contributed by atoms with van der Waals surface area (Å²) in [5.74, 6) is 0.912. The fourth-order valence-electron chi connectivity index (χ4n) is 3.01. The fraction of sp³-hybridized carbons (Fsp3) is 0.130. The summed E-state index contributed by atoms with van der Waals surface area (Å²) in [7, 11) is 1.53. The first-order chi connectivity index (χ1) is 14.0. The van der Waals surface area contributed by atoms with Crippen LogP contribution in [0.1, 0.15) is 21.5 Å². The number of oxazole rings is 1. The van der Waals surface area contributed by atoms with Gasteiger partial charge >= 0.3 is 0 Å². The Bertz CT molecular complexity index is 1180. The van der Waals surface area contributed by atoms with E-state index in [0.29, 0.717) is 28.8 Å². The van der Waals surface area contributed by atoms with Crippen molar-refractivity contribution in [2.75, 3.05) is 7.11 Å². The van der Waals surface area contributed by atoms with E-state index in [-0.39, 0.29) is 5.91 Å². The molecule has 4 rings (SSSR count). The third kappa shape index (κ3) is 4.10. The number of nitrogens with zero attached hydrogens (tertiary/aromatic N) is 1. The second kappa shape index (κ2) is 7.97. The molecule has 1 heterocycles. The van der Waals surface area contributed by atoms with Gasteiger partial charge < -0.3 is 14.5 Å². The van der Waals surface area contributed by atoms with Crippen LogP contribution in [-0.2, 0) is 6.54 Å². The molecule has 0 aliphatic rings. The maximum absolute atomic E-state index is 12.3. The van der Waals surface area contributed by atoms with Crippen molar-refractivity contribution in [1.29, 1.82) is 0 Å². The Balaban J connectivity index is 1.44. The molecule has 0 spiro atoms. The molecule has 0 bridgehead atoms. The Morgan fingerprint density at radius 1 is 1.10 bits per heavy atom. The predicted octanol–water partition coefficient (Wildman–Crippen LogP) is 5.40. The van der Waals surface area contributed by atoms with Crippen LogP contribution in [-0.4, -0.2) is 18.0 Å². The van der Waals surface area contributed by atoms with Crippen LogP contribution < -0.4 is 10.1 Å². The number of fused-ring (bicyclic) bond motifs is 1. The molecule has 146 valence electrons. The summed E-state index contributed by atoms with van der Waals surface area (Å²) in [5.41, 5.74) is 5.07. The van der Waals surface area contributed by atoms with Gasteiger partial charge in [-0.2, -0.15) is 0 Å². The summed E-state index contributed by atoms with van der Waals surface area (Å²) in [6.07, 6.45) is 0. The number of halogens is 1. The van der Waals surface area contributed by atoms with Gasteiger partial charge in [-0.3, -0.25) is 4.79 Å². The predicted molar refractivity (Wildman–Crippen MR) is 113 cm³/mol. The normalized spacial score (nSPS) is 10.9. The Labute approximate surface area is 173 Å². The molecule has 1 amide bonds. The van der Waals surface area contributed by atoms with Crippen LogP contribution >= 0.6 is 11.6 Å². The summed E-state index contributed by atoms with van der Waals surface area (Å²) in [6, 6.07) is 18.6. The van der Waals surface area contributed by atoms with Crippen molar-refractivity contribution in [2.45, 2.75) is 13.5 Å². The zero-order valence-electron chi connectivity index (χ0n) is 16.0. The zero-order chi connectivity index (χ0) is 20.4. The van der Waals surface area contributed by atoms with Gasteiger partial charge in [0.15, 0.2) is 5.58 Å². The Morgan fingerprint density at radius 2 is 1.90 bits per heavy atom. The number of aryl methyl sites for hydroxylation is 1. The van der Waals surface area contributed by atoms with Crippen LogP contribution in [0.5, 0.6) is 5.75 Å². The average Bonchev–Trinajstić information content (AvgIpc) is 3.15. The van der Waals surface area contributed by atoms with E-state index in [1.165, 1.54) is 7.11 Å². The van der Waals surface area contributed by atoms with Crippen molar-refractivity contribution < 1.29 is 13.9 Å². The van der Waals surface area contributed by atoms with Crippen molar-refractivity contribution in [3.63, 3.8) is 0 Å². The second-order valence-electron chi connectivity index (χ2n) is 6.72. The first-order valence-electron chi connectivity index (χ1n) is 9.12. The topological polar surface area (TPSA) is 64.4 Å². The summed E-state index contributed by atoms with van der Waals surface area (Å²) in [4.78, 5) is 16.9. The number of ether oxygens (including phenoxy) is 1. The first kappa shape index (κ1) is 19.0. The second-order valence-corrected chi connectivity index (χ2v) is 7.13. The quantitative estimate of drug-likeness (QED) is 0.482. The van der Waals surface area contributed by atoms with Crippen LogP contribution in [0.2, 0.25) is 5.02 Å². The smallest absolute Gasteiger partial charge is 0.251 e. The Kier molecular flexibility index (Phi) is 5.23. The first-order valence-corrected chi connectivity index (χ1v) is 9.49. The van der Waals surface area contributed by atoms with Gasteiger partial charge in [-0.15, -0.1) is 0 Å². The van der Waals surface area contributed by atoms with Crippen molar-refractivity contribution in [3.8, 4) is 17.2 Å². The minimum atomic E-state index is -0.201. The molecule has 1 aromatic heterocycles. The van der Waals surface area contributed by atoms with E-state index < -0.39 is 0 Å². The molecule has 3 aromatic carbocycles. The largest absolute Gasteiger partial charge is 0.495 e. The monoisotopic (exact) mass is 406 g/mol. The summed E-state index contributed by atoms with van der Waals surface area (Å²) >= 11 is 6.08. The molecule has 29 heavy (non-hydrogen) atoms. The Hall–Kier alpha value is -3.31. The number of methoxy groups -OCH3 is 1. The number of aromatic nitrogens is 1. The van der Waals surface area contributed by atoms with Crippen molar-refractivity contribution in [1.82, 2.24) is 10.3 Å². The average molecular weight is 407 g/mol. The van der Waals surface area contributed by atoms with Crippen molar-refractivity contribution >= 4 is 28.6 Å². The van der Waals surface area contributed by atoms with Crippen molar-refractivity contribution in [2.24, 2.45) is 0 Å². The van der Waals surface area contributed by atoms with E-state index in [1.807, 2.05) is 49.4 Å². The molecule has 6 heteroatoms. The van der Waals surface area contributed by atoms with Crippen LogP contribution in [0.15, 0.2) is 65.1 Å². The molecule has 5 nitrogen and oxygen atoms in total. The summed E-state index contributed by atoms with van der Waals surface area (Å²) in [6.45, 7) is 2.42. The van der Waals surface area contributed by atoms with Gasteiger partial charge in [-0.05, 0) is 60.5 Å². The van der Waals surface area contributed by atoms with Gasteiger partial charge in [0.1, 0.15) is 11.3 Å². The van der Waals surface area contributed by atoms with Crippen LogP contribution in [0, 0.1) is 6.92 Å². The number of carbonyl (C=O) groups is 1. The lowest BCUT2D eigenvalue weighted by Crippen LogP contribution is -2.22. The molecular formula is C23H19ClN2O3. The summed E-state index contributed by atoms with van der Waals surface area (Å²) < 4.78 is 11.0. The maximum atomic E-state index is 12.3. The van der Waals surface area contributed by atoms with Crippen LogP contribution in [0.25, 0.3) is 22.6 Å². The molecule has 4 aromatic rings. The number of benzene rings is 3. The van der Waals surface area contributed by atoms with Gasteiger partial charge in [-0.25, -0.2) is 4.98 Å². The minimum absolute atomic E-state index is 0.201. The summed E-state index contributed by atoms with van der Waals surface area (Å²) in [5, 5.41) is 3.29. The number of amides is 1. The minimum Gasteiger partial charge on any atom is -0.495 e. The molecule has 0 aliphatic heterocycles. The lowest BCUT2D eigenvalue weighted by molar-refractivity contribution is 0.0951. The van der Waals surface area contributed by atoms with E-state index in [1.54, 1.807) is 18.2 Å². The fourth-order valence-corrected chi connectivity index (χ4v) is 3.27. The highest BCUT2D eigenvalue weighted by molar-refractivity contribution is 6.32. The number of nitrogens with one attached hydrogen (secondary N) is 1.